The van der Waals surface area contributed by atoms with Crippen molar-refractivity contribution in [2.24, 2.45) is 0 Å². The Hall–Kier alpha value is -2.17. The zero-order valence-electron chi connectivity index (χ0n) is 11.4. The van der Waals surface area contributed by atoms with Gasteiger partial charge < -0.3 is 9.42 Å². The molecule has 1 aromatic carbocycles. The molecule has 2 aromatic rings. The lowest BCUT2D eigenvalue weighted by molar-refractivity contribution is -0.130. The highest BCUT2D eigenvalue weighted by Crippen LogP contribution is 2.17. The lowest BCUT2D eigenvalue weighted by atomic mass is 10.1. The zero-order valence-corrected chi connectivity index (χ0v) is 11.4. The van der Waals surface area contributed by atoms with Gasteiger partial charge in [-0.3, -0.25) is 4.79 Å². The van der Waals surface area contributed by atoms with Gasteiger partial charge in [-0.15, -0.1) is 0 Å². The molecule has 0 saturated heterocycles. The molecule has 19 heavy (non-hydrogen) atoms. The van der Waals surface area contributed by atoms with E-state index in [1.165, 1.54) is 0 Å². The van der Waals surface area contributed by atoms with E-state index in [4.69, 9.17) is 4.52 Å². The Bertz CT molecular complexity index is 578. The molecule has 1 aromatic heterocycles. The molecule has 0 aliphatic heterocycles. The number of hydrogen-bond acceptors (Lipinski definition) is 4. The van der Waals surface area contributed by atoms with E-state index in [2.05, 4.69) is 10.1 Å². The van der Waals surface area contributed by atoms with Crippen molar-refractivity contribution >= 4 is 5.91 Å². The molecule has 0 N–H and O–H groups in total. The van der Waals surface area contributed by atoms with Crippen LogP contribution in [0.4, 0.5) is 0 Å². The first-order chi connectivity index (χ1) is 9.10. The monoisotopic (exact) mass is 259 g/mol. The van der Waals surface area contributed by atoms with Crippen LogP contribution in [0.25, 0.3) is 11.4 Å². The highest BCUT2D eigenvalue weighted by molar-refractivity contribution is 5.75. The molecule has 0 atom stereocenters. The number of carbonyl (C=O) groups excluding carboxylic acids is 1. The van der Waals surface area contributed by atoms with E-state index in [1.54, 1.807) is 11.9 Å². The highest BCUT2D eigenvalue weighted by Gasteiger charge is 2.13. The van der Waals surface area contributed by atoms with Crippen LogP contribution >= 0.6 is 0 Å². The lowest BCUT2D eigenvalue weighted by Gasteiger charge is -2.12. The molecule has 1 amide bonds. The summed E-state index contributed by atoms with van der Waals surface area (Å²) in [5, 5.41) is 3.94. The predicted octanol–water partition coefficient (Wildman–Crippen LogP) is 2.41. The molecule has 0 radical (unpaired) electrons. The van der Waals surface area contributed by atoms with Gasteiger partial charge >= 0.3 is 0 Å². The van der Waals surface area contributed by atoms with Gasteiger partial charge in [-0.1, -0.05) is 35.8 Å². The Morgan fingerprint density at radius 3 is 2.89 bits per heavy atom. The van der Waals surface area contributed by atoms with Crippen LogP contribution in [0.2, 0.25) is 0 Å². The third-order valence-electron chi connectivity index (χ3n) is 2.84. The summed E-state index contributed by atoms with van der Waals surface area (Å²) in [4.78, 5) is 17.4. The minimum absolute atomic E-state index is 0.0512. The topological polar surface area (TPSA) is 59.2 Å². The van der Waals surface area contributed by atoms with Gasteiger partial charge in [0.25, 0.3) is 0 Å². The first-order valence-corrected chi connectivity index (χ1v) is 6.23. The molecule has 0 saturated carbocycles. The van der Waals surface area contributed by atoms with Crippen molar-refractivity contribution in [2.45, 2.75) is 26.8 Å². The second kappa shape index (κ2) is 5.65. The Kier molecular flexibility index (Phi) is 3.94. The summed E-state index contributed by atoms with van der Waals surface area (Å²) in [5.74, 6) is 1.05. The molecule has 5 nitrogen and oxygen atoms in total. The normalized spacial score (nSPS) is 10.5. The number of carbonyl (C=O) groups is 1. The zero-order chi connectivity index (χ0) is 13.8. The maximum Gasteiger partial charge on any atom is 0.246 e. The molecule has 100 valence electrons. The smallest absolute Gasteiger partial charge is 0.246 e. The standard InChI is InChI=1S/C14H17N3O2/c1-4-13(18)17(3)9-12-15-14(16-19-12)11-7-5-6-10(2)8-11/h5-8H,4,9H2,1-3H3. The molecule has 2 rings (SSSR count). The number of rotatable bonds is 4. The maximum absolute atomic E-state index is 11.5. The van der Waals surface area contributed by atoms with E-state index in [1.807, 2.05) is 38.1 Å². The Labute approximate surface area is 112 Å². The van der Waals surface area contributed by atoms with Gasteiger partial charge in [-0.2, -0.15) is 4.98 Å². The van der Waals surface area contributed by atoms with Crippen LogP contribution in [-0.4, -0.2) is 28.0 Å². The molecule has 0 aliphatic carbocycles. The van der Waals surface area contributed by atoms with Crippen molar-refractivity contribution in [1.82, 2.24) is 15.0 Å². The number of aromatic nitrogens is 2. The highest BCUT2D eigenvalue weighted by atomic mass is 16.5. The van der Waals surface area contributed by atoms with Crippen LogP contribution in [0.15, 0.2) is 28.8 Å². The summed E-state index contributed by atoms with van der Waals surface area (Å²) in [6.07, 6.45) is 0.468. The summed E-state index contributed by atoms with van der Waals surface area (Å²) in [5.41, 5.74) is 2.06. The van der Waals surface area contributed by atoms with Crippen LogP contribution in [0, 0.1) is 6.92 Å². The fraction of sp³-hybridized carbons (Fsp3) is 0.357. The van der Waals surface area contributed by atoms with Crippen molar-refractivity contribution in [3.63, 3.8) is 0 Å². The van der Waals surface area contributed by atoms with Crippen LogP contribution < -0.4 is 0 Å². The van der Waals surface area contributed by atoms with Crippen LogP contribution in [0.3, 0.4) is 0 Å². The van der Waals surface area contributed by atoms with E-state index in [-0.39, 0.29) is 5.91 Å². The minimum atomic E-state index is 0.0512. The fourth-order valence-electron chi connectivity index (χ4n) is 1.78. The van der Waals surface area contributed by atoms with Crippen LogP contribution in [-0.2, 0) is 11.3 Å². The summed E-state index contributed by atoms with van der Waals surface area (Å²) in [6.45, 7) is 4.18. The van der Waals surface area contributed by atoms with Crippen molar-refractivity contribution in [2.75, 3.05) is 7.05 Å². The molecule has 0 aliphatic rings. The van der Waals surface area contributed by atoms with Crippen molar-refractivity contribution in [3.8, 4) is 11.4 Å². The predicted molar refractivity (Wildman–Crippen MR) is 71.2 cm³/mol. The Balaban J connectivity index is 2.13. The third-order valence-corrected chi connectivity index (χ3v) is 2.84. The van der Waals surface area contributed by atoms with Gasteiger partial charge in [-0.25, -0.2) is 0 Å². The maximum atomic E-state index is 11.5. The van der Waals surface area contributed by atoms with E-state index >= 15 is 0 Å². The summed E-state index contributed by atoms with van der Waals surface area (Å²) in [6, 6.07) is 7.89. The van der Waals surface area contributed by atoms with Crippen molar-refractivity contribution in [1.29, 1.82) is 0 Å². The van der Waals surface area contributed by atoms with E-state index < -0.39 is 0 Å². The molecular formula is C14H17N3O2. The largest absolute Gasteiger partial charge is 0.337 e. The second-order valence-electron chi connectivity index (χ2n) is 4.48. The quantitative estimate of drug-likeness (QED) is 0.846. The molecule has 0 bridgehead atoms. The molecule has 0 spiro atoms. The molecule has 0 fully saturated rings. The number of amides is 1. The SMILES string of the molecule is CCC(=O)N(C)Cc1nc(-c2cccc(C)c2)no1. The Morgan fingerprint density at radius 2 is 2.21 bits per heavy atom. The number of hydrogen-bond donors (Lipinski definition) is 0. The third kappa shape index (κ3) is 3.19. The number of aryl methyl sites for hydroxylation is 1. The molecular weight excluding hydrogens is 242 g/mol. The van der Waals surface area contributed by atoms with Gasteiger partial charge in [0.1, 0.15) is 0 Å². The van der Waals surface area contributed by atoms with Crippen LogP contribution in [0.1, 0.15) is 24.8 Å². The minimum Gasteiger partial charge on any atom is -0.337 e. The average molecular weight is 259 g/mol. The van der Waals surface area contributed by atoms with Crippen molar-refractivity contribution in [3.05, 3.63) is 35.7 Å². The fourth-order valence-corrected chi connectivity index (χ4v) is 1.78. The van der Waals surface area contributed by atoms with Gasteiger partial charge in [0.2, 0.25) is 17.6 Å². The van der Waals surface area contributed by atoms with E-state index in [0.29, 0.717) is 24.7 Å². The first-order valence-electron chi connectivity index (χ1n) is 6.23. The second-order valence-corrected chi connectivity index (χ2v) is 4.48. The van der Waals surface area contributed by atoms with Crippen LogP contribution in [0.5, 0.6) is 0 Å². The van der Waals surface area contributed by atoms with Crippen molar-refractivity contribution < 1.29 is 9.32 Å². The summed E-state index contributed by atoms with van der Waals surface area (Å²) >= 11 is 0. The lowest BCUT2D eigenvalue weighted by Crippen LogP contribution is -2.25. The molecule has 1 heterocycles. The molecule has 0 unspecified atom stereocenters. The van der Waals surface area contributed by atoms with Gasteiger partial charge in [-0.05, 0) is 13.0 Å². The van der Waals surface area contributed by atoms with E-state index in [9.17, 15) is 4.79 Å². The number of benzene rings is 1. The Morgan fingerprint density at radius 1 is 1.42 bits per heavy atom. The van der Waals surface area contributed by atoms with Gasteiger partial charge in [0.15, 0.2) is 0 Å². The number of nitrogens with zero attached hydrogens (tertiary/aromatic N) is 3. The summed E-state index contributed by atoms with van der Waals surface area (Å²) in [7, 11) is 1.72. The molecule has 5 heteroatoms. The summed E-state index contributed by atoms with van der Waals surface area (Å²) < 4.78 is 5.17. The van der Waals surface area contributed by atoms with Gasteiger partial charge in [0, 0.05) is 19.0 Å². The van der Waals surface area contributed by atoms with Gasteiger partial charge in [0.05, 0.1) is 6.54 Å². The average Bonchev–Trinajstić information content (AvgIpc) is 2.86. The first kappa shape index (κ1) is 13.3. The van der Waals surface area contributed by atoms with E-state index in [0.717, 1.165) is 11.1 Å².